The molecule has 0 atom stereocenters. The van der Waals surface area contributed by atoms with Crippen LogP contribution in [0.2, 0.25) is 5.15 Å². The summed E-state index contributed by atoms with van der Waals surface area (Å²) in [6.45, 7) is 0.0550. The lowest BCUT2D eigenvalue weighted by molar-refractivity contribution is 0.0472. The zero-order chi connectivity index (χ0) is 16.2. The van der Waals surface area contributed by atoms with Gasteiger partial charge in [0.25, 0.3) is 0 Å². The third-order valence-electron chi connectivity index (χ3n) is 3.39. The number of fused-ring (bicyclic) bond motifs is 1. The Labute approximate surface area is 137 Å². The monoisotopic (exact) mass is 322 g/mol. The van der Waals surface area contributed by atoms with Gasteiger partial charge >= 0.3 is 5.97 Å². The van der Waals surface area contributed by atoms with Gasteiger partial charge in [0.1, 0.15) is 11.8 Å². The van der Waals surface area contributed by atoms with Crippen molar-refractivity contribution in [1.82, 2.24) is 4.98 Å². The zero-order valence-corrected chi connectivity index (χ0v) is 12.7. The number of carbonyl (C=O) groups excluding carboxylic acids is 1. The van der Waals surface area contributed by atoms with Crippen LogP contribution in [0.3, 0.4) is 0 Å². The molecule has 23 heavy (non-hydrogen) atoms. The Bertz CT molecular complexity index is 932. The summed E-state index contributed by atoms with van der Waals surface area (Å²) in [5, 5.41) is 10.2. The van der Waals surface area contributed by atoms with Crippen LogP contribution in [0, 0.1) is 11.3 Å². The Kier molecular flexibility index (Phi) is 4.22. The number of hydrogen-bond acceptors (Lipinski definition) is 4. The molecule has 0 aliphatic carbocycles. The molecule has 0 N–H and O–H groups in total. The first-order valence-electron chi connectivity index (χ1n) is 6.89. The number of aromatic nitrogens is 1. The first-order chi connectivity index (χ1) is 11.2. The normalized spacial score (nSPS) is 10.3. The van der Waals surface area contributed by atoms with E-state index in [1.807, 2.05) is 0 Å². The van der Waals surface area contributed by atoms with Crippen molar-refractivity contribution in [3.05, 3.63) is 76.4 Å². The molecule has 3 aromatic rings. The van der Waals surface area contributed by atoms with Gasteiger partial charge in [-0.3, -0.25) is 0 Å². The highest BCUT2D eigenvalue weighted by atomic mass is 35.5. The maximum Gasteiger partial charge on any atom is 0.338 e. The highest BCUT2D eigenvalue weighted by molar-refractivity contribution is 6.29. The Hall–Kier alpha value is -2.90. The topological polar surface area (TPSA) is 63.0 Å². The number of esters is 1. The van der Waals surface area contributed by atoms with E-state index in [0.29, 0.717) is 27.4 Å². The Balaban J connectivity index is 1.78. The van der Waals surface area contributed by atoms with E-state index in [1.54, 1.807) is 54.6 Å². The highest BCUT2D eigenvalue weighted by Crippen LogP contribution is 2.18. The zero-order valence-electron chi connectivity index (χ0n) is 12.0. The van der Waals surface area contributed by atoms with E-state index in [1.165, 1.54) is 0 Å². The van der Waals surface area contributed by atoms with E-state index in [9.17, 15) is 4.79 Å². The van der Waals surface area contributed by atoms with Crippen LogP contribution < -0.4 is 0 Å². The number of halogens is 1. The maximum atomic E-state index is 12.2. The van der Waals surface area contributed by atoms with E-state index < -0.39 is 5.97 Å². The molecule has 0 aliphatic rings. The van der Waals surface area contributed by atoms with E-state index in [4.69, 9.17) is 21.6 Å². The molecule has 0 radical (unpaired) electrons. The largest absolute Gasteiger partial charge is 0.457 e. The summed E-state index contributed by atoms with van der Waals surface area (Å²) in [5.41, 5.74) is 2.31. The molecule has 112 valence electrons. The summed E-state index contributed by atoms with van der Waals surface area (Å²) in [5.74, 6) is -0.449. The van der Waals surface area contributed by atoms with Crippen LogP contribution in [0.1, 0.15) is 21.5 Å². The van der Waals surface area contributed by atoms with Crippen molar-refractivity contribution in [2.24, 2.45) is 0 Å². The van der Waals surface area contributed by atoms with Gasteiger partial charge in [0.05, 0.1) is 22.7 Å². The van der Waals surface area contributed by atoms with Crippen LogP contribution in [0.5, 0.6) is 0 Å². The molecule has 0 saturated heterocycles. The fourth-order valence-corrected chi connectivity index (χ4v) is 2.36. The molecule has 4 nitrogen and oxygen atoms in total. The molecule has 0 saturated carbocycles. The van der Waals surface area contributed by atoms with Crippen LogP contribution in [-0.4, -0.2) is 11.0 Å². The van der Waals surface area contributed by atoms with Crippen LogP contribution >= 0.6 is 11.6 Å². The second-order valence-electron chi connectivity index (χ2n) is 4.89. The third kappa shape index (κ3) is 3.31. The van der Waals surface area contributed by atoms with Crippen molar-refractivity contribution >= 4 is 28.5 Å². The quantitative estimate of drug-likeness (QED) is 0.537. The molecule has 0 amide bonds. The molecule has 3 rings (SSSR count). The summed E-state index contributed by atoms with van der Waals surface area (Å²) in [6, 6.07) is 17.6. The lowest BCUT2D eigenvalue weighted by atomic mass is 10.1. The van der Waals surface area contributed by atoms with Gasteiger partial charge in [-0.05, 0) is 36.4 Å². The van der Waals surface area contributed by atoms with E-state index in [-0.39, 0.29) is 6.61 Å². The molecule has 0 aliphatic heterocycles. The minimum Gasteiger partial charge on any atom is -0.457 e. The van der Waals surface area contributed by atoms with Crippen LogP contribution in [0.15, 0.2) is 54.6 Å². The number of hydrogen-bond donors (Lipinski definition) is 0. The van der Waals surface area contributed by atoms with Crippen LogP contribution in [-0.2, 0) is 11.3 Å². The molecule has 0 spiro atoms. The summed E-state index contributed by atoms with van der Waals surface area (Å²) in [7, 11) is 0. The van der Waals surface area contributed by atoms with E-state index in [2.05, 4.69) is 11.1 Å². The summed E-state index contributed by atoms with van der Waals surface area (Å²) < 4.78 is 5.29. The number of nitriles is 1. The number of pyridine rings is 1. The number of rotatable bonds is 3. The van der Waals surface area contributed by atoms with Gasteiger partial charge < -0.3 is 4.74 Å². The van der Waals surface area contributed by atoms with Gasteiger partial charge in [-0.15, -0.1) is 0 Å². The Morgan fingerprint density at radius 1 is 1.17 bits per heavy atom. The molecule has 1 heterocycles. The molecule has 1 aromatic heterocycles. The van der Waals surface area contributed by atoms with Crippen molar-refractivity contribution < 1.29 is 9.53 Å². The van der Waals surface area contributed by atoms with Gasteiger partial charge in [0, 0.05) is 10.9 Å². The van der Waals surface area contributed by atoms with E-state index >= 15 is 0 Å². The Morgan fingerprint density at radius 3 is 2.83 bits per heavy atom. The van der Waals surface area contributed by atoms with Gasteiger partial charge in [-0.25, -0.2) is 9.78 Å². The predicted molar refractivity (Wildman–Crippen MR) is 87.0 cm³/mol. The summed E-state index contributed by atoms with van der Waals surface area (Å²) in [6.07, 6.45) is 0. The standard InChI is InChI=1S/C18H11ClN2O2/c19-17-8-6-12-9-13(5-7-16(12)21-17)18(22)23-11-15-4-2-1-3-14(15)10-20/h1-9H,11H2. The first kappa shape index (κ1) is 15.0. The Morgan fingerprint density at radius 2 is 2.00 bits per heavy atom. The van der Waals surface area contributed by atoms with Crippen LogP contribution in [0.4, 0.5) is 0 Å². The van der Waals surface area contributed by atoms with Crippen LogP contribution in [0.25, 0.3) is 10.9 Å². The predicted octanol–water partition coefficient (Wildman–Crippen LogP) is 4.12. The average Bonchev–Trinajstić information content (AvgIpc) is 2.59. The van der Waals surface area contributed by atoms with Gasteiger partial charge in [-0.2, -0.15) is 5.26 Å². The van der Waals surface area contributed by atoms with Gasteiger partial charge in [-0.1, -0.05) is 29.8 Å². The first-order valence-corrected chi connectivity index (χ1v) is 7.26. The minimum absolute atomic E-state index is 0.0550. The van der Waals surface area contributed by atoms with Crippen molar-refractivity contribution in [1.29, 1.82) is 5.26 Å². The fourth-order valence-electron chi connectivity index (χ4n) is 2.21. The summed E-state index contributed by atoms with van der Waals surface area (Å²) in [4.78, 5) is 16.3. The van der Waals surface area contributed by atoms with E-state index in [0.717, 1.165) is 5.39 Å². The summed E-state index contributed by atoms with van der Waals surface area (Å²) >= 11 is 5.84. The molecule has 0 unspecified atom stereocenters. The van der Waals surface area contributed by atoms with Crippen molar-refractivity contribution in [2.75, 3.05) is 0 Å². The highest BCUT2D eigenvalue weighted by Gasteiger charge is 2.10. The second-order valence-corrected chi connectivity index (χ2v) is 5.27. The molecule has 2 aromatic carbocycles. The smallest absolute Gasteiger partial charge is 0.338 e. The molecule has 5 heteroatoms. The number of ether oxygens (including phenoxy) is 1. The fraction of sp³-hybridized carbons (Fsp3) is 0.0556. The third-order valence-corrected chi connectivity index (χ3v) is 3.60. The van der Waals surface area contributed by atoms with Gasteiger partial charge in [0.15, 0.2) is 0 Å². The molecular formula is C18H11ClN2O2. The molecule has 0 bridgehead atoms. The van der Waals surface area contributed by atoms with Crippen molar-refractivity contribution in [2.45, 2.75) is 6.61 Å². The molecular weight excluding hydrogens is 312 g/mol. The minimum atomic E-state index is -0.449. The lowest BCUT2D eigenvalue weighted by Gasteiger charge is -2.07. The van der Waals surface area contributed by atoms with Gasteiger partial charge in [0.2, 0.25) is 0 Å². The number of carbonyl (C=O) groups is 1. The number of nitrogens with zero attached hydrogens (tertiary/aromatic N) is 2. The van der Waals surface area contributed by atoms with Crippen molar-refractivity contribution in [3.63, 3.8) is 0 Å². The lowest BCUT2D eigenvalue weighted by Crippen LogP contribution is -2.06. The second kappa shape index (κ2) is 6.47. The maximum absolute atomic E-state index is 12.2. The number of benzene rings is 2. The van der Waals surface area contributed by atoms with Crippen molar-refractivity contribution in [3.8, 4) is 6.07 Å². The SMILES string of the molecule is N#Cc1ccccc1COC(=O)c1ccc2nc(Cl)ccc2c1. The average molecular weight is 323 g/mol. The molecule has 0 fully saturated rings.